The highest BCUT2D eigenvalue weighted by molar-refractivity contribution is 8.00. The van der Waals surface area contributed by atoms with Crippen molar-refractivity contribution in [3.05, 3.63) is 29.3 Å². The smallest absolute Gasteiger partial charge is 0.390 e. The Morgan fingerprint density at radius 3 is 2.61 bits per heavy atom. The van der Waals surface area contributed by atoms with Crippen LogP contribution in [0.1, 0.15) is 17.8 Å². The highest BCUT2D eigenvalue weighted by Crippen LogP contribution is 2.61. The highest BCUT2D eigenvalue weighted by atomic mass is 32.2. The Bertz CT molecular complexity index is 1980. The molecule has 3 unspecified atom stereocenters. The van der Waals surface area contributed by atoms with E-state index in [2.05, 4.69) is 29.9 Å². The summed E-state index contributed by atoms with van der Waals surface area (Å²) in [6.45, 7) is -0.760. The van der Waals surface area contributed by atoms with Gasteiger partial charge in [0.05, 0.1) is 36.7 Å². The Balaban J connectivity index is 1.11. The number of aliphatic hydroxyl groups is 2. The minimum atomic E-state index is -4.91. The van der Waals surface area contributed by atoms with Crippen LogP contribution in [-0.4, -0.2) is 97.0 Å². The second-order valence-corrected chi connectivity index (χ2v) is 15.2. The molecule has 4 aromatic heterocycles. The molecule has 2 aliphatic heterocycles. The van der Waals surface area contributed by atoms with Crippen molar-refractivity contribution in [2.24, 2.45) is 17.8 Å². The van der Waals surface area contributed by atoms with Crippen molar-refractivity contribution in [2.45, 2.75) is 47.5 Å². The number of hydrogen-bond acceptors (Lipinski definition) is 17. The van der Waals surface area contributed by atoms with Crippen LogP contribution in [0.4, 0.5) is 11.8 Å². The number of aliphatic hydroxyl groups excluding tert-OH is 2. The van der Waals surface area contributed by atoms with E-state index in [1.165, 1.54) is 17.2 Å². The molecule has 244 valence electrons. The quantitative estimate of drug-likeness (QED) is 0.148. The van der Waals surface area contributed by atoms with Gasteiger partial charge in [-0.1, -0.05) is 0 Å². The molecule has 5 fully saturated rings. The third-order valence-corrected chi connectivity index (χ3v) is 12.5. The average molecular weight is 698 g/mol. The third kappa shape index (κ3) is 4.76. The van der Waals surface area contributed by atoms with Gasteiger partial charge in [-0.25, -0.2) is 24.5 Å². The maximum atomic E-state index is 13.5. The van der Waals surface area contributed by atoms with Gasteiger partial charge in [0.1, 0.15) is 36.0 Å². The van der Waals surface area contributed by atoms with Gasteiger partial charge in [0.15, 0.2) is 22.6 Å². The van der Waals surface area contributed by atoms with Crippen LogP contribution in [0.5, 0.6) is 0 Å². The van der Waals surface area contributed by atoms with Crippen molar-refractivity contribution in [3.63, 3.8) is 0 Å². The number of imidazole rings is 2. The van der Waals surface area contributed by atoms with Crippen LogP contribution >= 0.6 is 27.8 Å². The van der Waals surface area contributed by atoms with Gasteiger partial charge in [0.2, 0.25) is 5.95 Å². The summed E-state index contributed by atoms with van der Waals surface area (Å²) in [4.78, 5) is 46.5. The molecule has 12 atom stereocenters. The number of fused-ring (bicyclic) bond motifs is 4. The number of anilines is 2. The summed E-state index contributed by atoms with van der Waals surface area (Å²) < 4.78 is 52.1. The molecule has 9 rings (SSSR count). The van der Waals surface area contributed by atoms with Gasteiger partial charge in [-0.3, -0.25) is 23.4 Å². The van der Waals surface area contributed by atoms with E-state index in [1.807, 2.05) is 0 Å². The van der Waals surface area contributed by atoms with Crippen LogP contribution in [0.2, 0.25) is 0 Å². The van der Waals surface area contributed by atoms with E-state index in [0.29, 0.717) is 17.6 Å². The van der Waals surface area contributed by atoms with E-state index in [0.717, 1.165) is 11.8 Å². The fourth-order valence-corrected chi connectivity index (χ4v) is 10.5. The number of nitrogens with zero attached hydrogens (tertiary/aromatic N) is 7. The Labute approximate surface area is 262 Å². The van der Waals surface area contributed by atoms with Crippen LogP contribution < -0.4 is 17.0 Å². The van der Waals surface area contributed by atoms with E-state index >= 15 is 0 Å². The normalized spacial score (nSPS) is 38.9. The minimum Gasteiger partial charge on any atom is -0.390 e. The number of thioether (sulfide) groups is 1. The number of nitrogens with two attached hydrogens (primary N) is 2. The van der Waals surface area contributed by atoms with Crippen molar-refractivity contribution >= 4 is 61.9 Å². The molecular formula is C23H27N10O10P2S+. The number of rotatable bonds is 2. The molecule has 6 heterocycles. The lowest BCUT2D eigenvalue weighted by Crippen LogP contribution is -2.62. The molecule has 0 aromatic carbocycles. The van der Waals surface area contributed by atoms with E-state index < -0.39 is 69.2 Å². The van der Waals surface area contributed by atoms with Crippen LogP contribution in [0.15, 0.2) is 23.8 Å². The summed E-state index contributed by atoms with van der Waals surface area (Å²) in [5, 5.41) is 20.8. The summed E-state index contributed by atoms with van der Waals surface area (Å²) in [6, 6.07) is -0.368. The van der Waals surface area contributed by atoms with Crippen molar-refractivity contribution in [1.82, 2.24) is 39.0 Å². The molecule has 3 saturated carbocycles. The fourth-order valence-electron chi connectivity index (χ4n) is 7.04. The molecule has 5 aliphatic rings. The largest absolute Gasteiger partial charge is 0.697 e. The lowest BCUT2D eigenvalue weighted by molar-refractivity contribution is -0.183. The minimum absolute atomic E-state index is 0.0490. The van der Waals surface area contributed by atoms with E-state index in [1.54, 1.807) is 10.9 Å². The van der Waals surface area contributed by atoms with Crippen molar-refractivity contribution in [2.75, 3.05) is 24.7 Å². The summed E-state index contributed by atoms with van der Waals surface area (Å²) in [7, 11) is -7.73. The second-order valence-electron chi connectivity index (χ2n) is 11.5. The Kier molecular flexibility index (Phi) is 7.22. The number of phosphoric ester groups is 1. The highest BCUT2D eigenvalue weighted by Gasteiger charge is 2.62. The van der Waals surface area contributed by atoms with Crippen molar-refractivity contribution < 1.29 is 42.3 Å². The zero-order chi connectivity index (χ0) is 32.1. The molecule has 0 amide bonds. The molecule has 46 heavy (non-hydrogen) atoms. The van der Waals surface area contributed by atoms with Gasteiger partial charge in [-0.15, -0.1) is 20.8 Å². The standard InChI is InChI=1S/C23H26N10O10P2S/c24-18-11-19(27-4-26-18)32(5-28-11)13-7-1-8(13)14(34)16-9(7)2-41-45(38,39)43-17-15(35)10(3-40-44(37)42-16)46-22(17)33-6-29-12-20(33)30-23(25)31-21(12)36/h4-10,13-17,22,34-35H,1-3H2,(H5-,24,25,26,27,30,31,36,38,39)/p+1/t7?,8-,9+,10-,13-,14+,15-,16-,17-,22-/m1/s1. The lowest BCUT2D eigenvalue weighted by Gasteiger charge is -2.57. The fraction of sp³-hybridized carbons (Fsp3) is 0.565. The number of phosphoric acid groups is 1. The van der Waals surface area contributed by atoms with Gasteiger partial charge in [0.25, 0.3) is 5.56 Å². The molecule has 0 spiro atoms. The van der Waals surface area contributed by atoms with Crippen molar-refractivity contribution in [1.29, 1.82) is 0 Å². The molecule has 20 nitrogen and oxygen atoms in total. The Morgan fingerprint density at radius 2 is 1.78 bits per heavy atom. The van der Waals surface area contributed by atoms with E-state index in [-0.39, 0.29) is 47.4 Å². The molecule has 2 saturated heterocycles. The first-order chi connectivity index (χ1) is 22.0. The number of nitrogens with one attached hydrogen (secondary N) is 1. The SMILES string of the molecule is Nc1nc2c(ncn2[C@@H]2S[C@@H]3CO[P+](=O)O[C@H]4[C@@H](O)[C@@H]5CC([C@H]5n5cnc6c(N)ncnc65)[C@@H]4COP(=O)(O)O[C@@H]2[C@@H]3O)c(=O)[nH]1. The van der Waals surface area contributed by atoms with Gasteiger partial charge in [0, 0.05) is 22.4 Å². The molecule has 4 bridgehead atoms. The van der Waals surface area contributed by atoms with Crippen LogP contribution in [-0.2, 0) is 27.2 Å². The summed E-state index contributed by atoms with van der Waals surface area (Å²) in [6.07, 6.45) is -0.453. The van der Waals surface area contributed by atoms with Gasteiger partial charge >= 0.3 is 16.1 Å². The zero-order valence-corrected chi connectivity index (χ0v) is 26.0. The number of aromatic amines is 1. The predicted octanol–water partition coefficient (Wildman–Crippen LogP) is -0.158. The van der Waals surface area contributed by atoms with Crippen LogP contribution in [0.3, 0.4) is 0 Å². The van der Waals surface area contributed by atoms with Crippen LogP contribution in [0, 0.1) is 17.8 Å². The Hall–Kier alpha value is -3.10. The first-order valence-corrected chi connectivity index (χ1v) is 17.6. The predicted molar refractivity (Wildman–Crippen MR) is 158 cm³/mol. The average Bonchev–Trinajstić information content (AvgIpc) is 3.68. The molecule has 3 aliphatic carbocycles. The van der Waals surface area contributed by atoms with Gasteiger partial charge in [-0.05, 0) is 12.3 Å². The summed E-state index contributed by atoms with van der Waals surface area (Å²) in [5.41, 5.74) is 11.9. The van der Waals surface area contributed by atoms with Crippen molar-refractivity contribution in [3.8, 4) is 0 Å². The third-order valence-electron chi connectivity index (χ3n) is 9.15. The van der Waals surface area contributed by atoms with Crippen LogP contribution in [0.25, 0.3) is 22.3 Å². The maximum absolute atomic E-state index is 13.5. The molecule has 0 radical (unpaired) electrons. The lowest BCUT2D eigenvalue weighted by atomic mass is 9.54. The molecule has 8 N–H and O–H groups in total. The van der Waals surface area contributed by atoms with Gasteiger partial charge in [-0.2, -0.15) is 4.98 Å². The molecule has 4 aromatic rings. The first kappa shape index (κ1) is 30.2. The number of H-pyrrole nitrogens is 1. The maximum Gasteiger partial charge on any atom is 0.697 e. The summed E-state index contributed by atoms with van der Waals surface area (Å²) >= 11 is 1.05. The number of hydrogen-bond donors (Lipinski definition) is 6. The number of nitrogen functional groups attached to an aromatic ring is 2. The molecule has 23 heteroatoms. The van der Waals surface area contributed by atoms with E-state index in [4.69, 9.17) is 29.6 Å². The van der Waals surface area contributed by atoms with Gasteiger partial charge < -0.3 is 31.1 Å². The topological polar surface area (TPSA) is 291 Å². The monoisotopic (exact) mass is 697 g/mol. The summed E-state index contributed by atoms with van der Waals surface area (Å²) in [5.74, 6) is -1.40. The number of aromatic nitrogens is 8. The van der Waals surface area contributed by atoms with E-state index in [9.17, 15) is 29.0 Å². The Morgan fingerprint density at radius 1 is 1.00 bits per heavy atom. The molecular weight excluding hydrogens is 670 g/mol. The second kappa shape index (κ2) is 11.0. The zero-order valence-electron chi connectivity index (χ0n) is 23.4. The first-order valence-electron chi connectivity index (χ1n) is 14.1.